The lowest BCUT2D eigenvalue weighted by atomic mass is 10.1. The molecule has 0 unspecified atom stereocenters. The van der Waals surface area contributed by atoms with Crippen LogP contribution < -0.4 is 5.32 Å². The molecule has 0 aliphatic carbocycles. The molecule has 0 aromatic heterocycles. The number of amides is 1. The van der Waals surface area contributed by atoms with Crippen molar-refractivity contribution in [3.05, 3.63) is 70.4 Å². The fourth-order valence-corrected chi connectivity index (χ4v) is 2.96. The molecule has 2 aromatic rings. The maximum Gasteiger partial charge on any atom is 0.264 e. The highest BCUT2D eigenvalue weighted by Gasteiger charge is 2.23. The van der Waals surface area contributed by atoms with Crippen molar-refractivity contribution in [1.82, 2.24) is 5.32 Å². The lowest BCUT2D eigenvalue weighted by molar-refractivity contribution is -0.115. The van der Waals surface area contributed by atoms with Gasteiger partial charge in [-0.05, 0) is 59.7 Å². The number of hydrogen-bond donors (Lipinski definition) is 1. The lowest BCUT2D eigenvalue weighted by Crippen LogP contribution is -2.19. The second kappa shape index (κ2) is 6.79. The second-order valence-electron chi connectivity index (χ2n) is 5.05. The Morgan fingerprint density at radius 3 is 2.48 bits per heavy atom. The van der Waals surface area contributed by atoms with Gasteiger partial charge in [-0.15, -0.1) is 0 Å². The van der Waals surface area contributed by atoms with Crippen molar-refractivity contribution in [1.29, 1.82) is 0 Å². The molecule has 5 heteroatoms. The van der Waals surface area contributed by atoms with Crippen molar-refractivity contribution in [3.8, 4) is 0 Å². The summed E-state index contributed by atoms with van der Waals surface area (Å²) in [6, 6.07) is 13.9. The maximum absolute atomic E-state index is 12.9. The van der Waals surface area contributed by atoms with Crippen molar-refractivity contribution in [2.45, 2.75) is 13.3 Å². The van der Waals surface area contributed by atoms with Crippen LogP contribution in [-0.2, 0) is 11.2 Å². The number of nitrogens with zero attached hydrogens (tertiary/aromatic N) is 1. The number of benzene rings is 2. The van der Waals surface area contributed by atoms with E-state index in [9.17, 15) is 9.18 Å². The Morgan fingerprint density at radius 2 is 1.83 bits per heavy atom. The minimum atomic E-state index is -0.312. The molecule has 0 radical (unpaired) electrons. The maximum atomic E-state index is 12.9. The predicted molar refractivity (Wildman–Crippen MR) is 93.0 cm³/mol. The number of thioether (sulfide) groups is 1. The molecule has 1 N–H and O–H groups in total. The minimum Gasteiger partial charge on any atom is -0.300 e. The van der Waals surface area contributed by atoms with Gasteiger partial charge in [-0.3, -0.25) is 4.79 Å². The summed E-state index contributed by atoms with van der Waals surface area (Å²) < 4.78 is 12.9. The van der Waals surface area contributed by atoms with E-state index in [-0.39, 0.29) is 11.7 Å². The number of amidine groups is 1. The Balaban J connectivity index is 1.78. The predicted octanol–water partition coefficient (Wildman–Crippen LogP) is 4.28. The molecule has 3 nitrogen and oxygen atoms in total. The quantitative estimate of drug-likeness (QED) is 0.855. The highest BCUT2D eigenvalue weighted by molar-refractivity contribution is 8.18. The highest BCUT2D eigenvalue weighted by atomic mass is 32.2. The third-order valence-corrected chi connectivity index (χ3v) is 4.30. The third-order valence-electron chi connectivity index (χ3n) is 3.39. The molecular formula is C18H15FN2OS. The largest absolute Gasteiger partial charge is 0.300 e. The number of carbonyl (C=O) groups is 1. The van der Waals surface area contributed by atoms with Crippen molar-refractivity contribution in [2.24, 2.45) is 4.99 Å². The summed E-state index contributed by atoms with van der Waals surface area (Å²) in [7, 11) is 0. The highest BCUT2D eigenvalue weighted by Crippen LogP contribution is 2.28. The molecule has 0 saturated carbocycles. The zero-order chi connectivity index (χ0) is 16.2. The minimum absolute atomic E-state index is 0.171. The summed E-state index contributed by atoms with van der Waals surface area (Å²) in [5.74, 6) is -0.483. The molecule has 0 atom stereocenters. The van der Waals surface area contributed by atoms with Crippen LogP contribution in [0.4, 0.5) is 10.1 Å². The molecule has 2 aromatic carbocycles. The van der Waals surface area contributed by atoms with Gasteiger partial charge >= 0.3 is 0 Å². The number of halogens is 1. The summed E-state index contributed by atoms with van der Waals surface area (Å²) in [4.78, 5) is 16.9. The van der Waals surface area contributed by atoms with Crippen LogP contribution >= 0.6 is 11.8 Å². The molecular weight excluding hydrogens is 311 g/mol. The summed E-state index contributed by atoms with van der Waals surface area (Å²) in [5, 5.41) is 3.22. The van der Waals surface area contributed by atoms with E-state index in [0.717, 1.165) is 12.0 Å². The van der Waals surface area contributed by atoms with Gasteiger partial charge in [-0.1, -0.05) is 31.2 Å². The van der Waals surface area contributed by atoms with Gasteiger partial charge in [0.2, 0.25) is 0 Å². The first-order valence-electron chi connectivity index (χ1n) is 7.28. The van der Waals surface area contributed by atoms with Crippen molar-refractivity contribution in [2.75, 3.05) is 0 Å². The average molecular weight is 326 g/mol. The van der Waals surface area contributed by atoms with E-state index in [4.69, 9.17) is 0 Å². The van der Waals surface area contributed by atoms with Crippen LogP contribution in [0.2, 0.25) is 0 Å². The summed E-state index contributed by atoms with van der Waals surface area (Å²) in [6.07, 6.45) is 2.83. The third kappa shape index (κ3) is 3.87. The van der Waals surface area contributed by atoms with E-state index in [1.165, 1.54) is 29.5 Å². The van der Waals surface area contributed by atoms with Crippen LogP contribution in [0.15, 0.2) is 58.4 Å². The molecule has 1 amide bonds. The van der Waals surface area contributed by atoms with E-state index in [1.54, 1.807) is 12.1 Å². The van der Waals surface area contributed by atoms with Crippen LogP contribution in [0.5, 0.6) is 0 Å². The summed E-state index contributed by atoms with van der Waals surface area (Å²) >= 11 is 1.28. The monoisotopic (exact) mass is 326 g/mol. The van der Waals surface area contributed by atoms with Crippen LogP contribution in [0, 0.1) is 5.82 Å². The molecule has 1 aliphatic heterocycles. The van der Waals surface area contributed by atoms with E-state index in [2.05, 4.69) is 29.4 Å². The number of nitrogens with one attached hydrogen (secondary N) is 1. The normalized spacial score (nSPS) is 17.7. The Bertz CT molecular complexity index is 780. The van der Waals surface area contributed by atoms with Gasteiger partial charge in [0.25, 0.3) is 5.91 Å². The van der Waals surface area contributed by atoms with Crippen LogP contribution in [0.1, 0.15) is 18.1 Å². The van der Waals surface area contributed by atoms with Gasteiger partial charge < -0.3 is 5.32 Å². The van der Waals surface area contributed by atoms with Gasteiger partial charge in [0.05, 0.1) is 10.6 Å². The van der Waals surface area contributed by atoms with Gasteiger partial charge in [-0.25, -0.2) is 9.38 Å². The van der Waals surface area contributed by atoms with Crippen molar-refractivity contribution < 1.29 is 9.18 Å². The number of aryl methyl sites for hydroxylation is 1. The Labute approximate surface area is 138 Å². The molecule has 0 spiro atoms. The van der Waals surface area contributed by atoms with E-state index >= 15 is 0 Å². The fourth-order valence-electron chi connectivity index (χ4n) is 2.11. The number of rotatable bonds is 3. The van der Waals surface area contributed by atoms with Crippen LogP contribution in [-0.4, -0.2) is 11.1 Å². The van der Waals surface area contributed by atoms with Gasteiger partial charge in [-0.2, -0.15) is 0 Å². The Kier molecular flexibility index (Phi) is 4.57. The van der Waals surface area contributed by atoms with Crippen LogP contribution in [0.3, 0.4) is 0 Å². The first-order valence-corrected chi connectivity index (χ1v) is 8.10. The van der Waals surface area contributed by atoms with Gasteiger partial charge in [0.15, 0.2) is 5.17 Å². The molecule has 1 heterocycles. The van der Waals surface area contributed by atoms with E-state index < -0.39 is 0 Å². The first kappa shape index (κ1) is 15.5. The number of hydrogen-bond acceptors (Lipinski definition) is 3. The first-order chi connectivity index (χ1) is 11.1. The standard InChI is InChI=1S/C18H15FN2OS/c1-2-12-3-5-13(6-4-12)11-16-17(22)21-18(23-16)20-15-9-7-14(19)8-10-15/h3-11H,2H2,1H3,(H,20,21,22)/b16-11-. The zero-order valence-corrected chi connectivity index (χ0v) is 13.4. The smallest absolute Gasteiger partial charge is 0.264 e. The molecule has 0 bridgehead atoms. The molecule has 116 valence electrons. The molecule has 23 heavy (non-hydrogen) atoms. The second-order valence-corrected chi connectivity index (χ2v) is 6.08. The van der Waals surface area contributed by atoms with Gasteiger partial charge in [0.1, 0.15) is 5.82 Å². The summed E-state index contributed by atoms with van der Waals surface area (Å²) in [5.41, 5.74) is 2.83. The lowest BCUT2D eigenvalue weighted by Gasteiger charge is -1.98. The molecule has 1 saturated heterocycles. The Morgan fingerprint density at radius 1 is 1.13 bits per heavy atom. The van der Waals surface area contributed by atoms with E-state index in [1.807, 2.05) is 18.2 Å². The molecule has 1 aliphatic rings. The summed E-state index contributed by atoms with van der Waals surface area (Å²) in [6.45, 7) is 2.10. The average Bonchev–Trinajstić information content (AvgIpc) is 2.90. The van der Waals surface area contributed by atoms with Crippen LogP contribution in [0.25, 0.3) is 6.08 Å². The Hall–Kier alpha value is -2.40. The molecule has 3 rings (SSSR count). The number of carbonyl (C=O) groups excluding carboxylic acids is 1. The van der Waals surface area contributed by atoms with E-state index in [0.29, 0.717) is 15.8 Å². The topological polar surface area (TPSA) is 41.5 Å². The van der Waals surface area contributed by atoms with Crippen molar-refractivity contribution >= 4 is 34.6 Å². The van der Waals surface area contributed by atoms with Crippen molar-refractivity contribution in [3.63, 3.8) is 0 Å². The van der Waals surface area contributed by atoms with Gasteiger partial charge in [0, 0.05) is 0 Å². The molecule has 1 fully saturated rings. The zero-order valence-electron chi connectivity index (χ0n) is 12.5. The SMILES string of the molecule is CCc1ccc(/C=C2\SC(=Nc3ccc(F)cc3)NC2=O)cc1. The number of aliphatic imine (C=N–C) groups is 1. The fraction of sp³-hybridized carbons (Fsp3) is 0.111.